The van der Waals surface area contributed by atoms with Crippen molar-refractivity contribution in [3.05, 3.63) is 54.4 Å². The van der Waals surface area contributed by atoms with Gasteiger partial charge in [0, 0.05) is 57.4 Å². The summed E-state index contributed by atoms with van der Waals surface area (Å²) in [5.41, 5.74) is 5.39. The zero-order valence-electron chi connectivity index (χ0n) is 19.8. The topological polar surface area (TPSA) is 119 Å². The van der Waals surface area contributed by atoms with E-state index in [2.05, 4.69) is 35.5 Å². The number of nitrogens with one attached hydrogen (secondary N) is 3. The van der Waals surface area contributed by atoms with Crippen LogP contribution in [0.25, 0.3) is 33.5 Å². The van der Waals surface area contributed by atoms with Crippen molar-refractivity contribution in [1.29, 1.82) is 0 Å². The summed E-state index contributed by atoms with van der Waals surface area (Å²) in [6, 6.07) is 11.2. The molecule has 0 aliphatic carbocycles. The molecule has 2 aromatic heterocycles. The number of nitrogens with zero attached hydrogens (tertiary/aromatic N) is 5. The van der Waals surface area contributed by atoms with Gasteiger partial charge in [0.25, 0.3) is 5.91 Å². The number of amides is 3. The molecule has 3 amide bonds. The highest BCUT2D eigenvalue weighted by molar-refractivity contribution is 6.02. The number of carbonyl (C=O) groups is 2. The van der Waals surface area contributed by atoms with E-state index < -0.39 is 0 Å². The van der Waals surface area contributed by atoms with Gasteiger partial charge in [0.1, 0.15) is 0 Å². The monoisotopic (exact) mass is 470 g/mol. The molecule has 10 heteroatoms. The molecule has 3 N–H and O–H groups in total. The van der Waals surface area contributed by atoms with E-state index in [-0.39, 0.29) is 11.9 Å². The zero-order chi connectivity index (χ0) is 24.5. The Labute approximate surface area is 202 Å². The molecule has 5 rings (SSSR count). The third-order valence-corrected chi connectivity index (χ3v) is 6.06. The second-order valence-electron chi connectivity index (χ2n) is 8.44. The summed E-state index contributed by atoms with van der Waals surface area (Å²) in [6.07, 6.45) is 3.36. The maximum Gasteiger partial charge on any atom is 0.321 e. The van der Waals surface area contributed by atoms with Gasteiger partial charge in [-0.1, -0.05) is 6.07 Å². The second-order valence-corrected chi connectivity index (χ2v) is 8.44. The first-order valence-electron chi connectivity index (χ1n) is 11.4. The van der Waals surface area contributed by atoms with Gasteiger partial charge in [-0.05, 0) is 48.4 Å². The second kappa shape index (κ2) is 9.05. The Morgan fingerprint density at radius 1 is 1.03 bits per heavy atom. The van der Waals surface area contributed by atoms with Gasteiger partial charge in [-0.15, -0.1) is 0 Å². The smallest absolute Gasteiger partial charge is 0.321 e. The normalized spacial score (nSPS) is 13.5. The molecule has 3 heterocycles. The van der Waals surface area contributed by atoms with Crippen LogP contribution >= 0.6 is 0 Å². The Hall–Kier alpha value is -4.47. The van der Waals surface area contributed by atoms with E-state index in [1.807, 2.05) is 51.4 Å². The van der Waals surface area contributed by atoms with Crippen LogP contribution in [0.3, 0.4) is 0 Å². The number of urea groups is 1. The van der Waals surface area contributed by atoms with Crippen molar-refractivity contribution >= 4 is 34.6 Å². The summed E-state index contributed by atoms with van der Waals surface area (Å²) < 4.78 is 0. The first-order chi connectivity index (χ1) is 16.9. The lowest BCUT2D eigenvalue weighted by atomic mass is 9.98. The average molecular weight is 471 g/mol. The number of fused-ring (bicyclic) bond motifs is 2. The average Bonchev–Trinajstić information content (AvgIpc) is 3.24. The molecule has 0 spiro atoms. The molecule has 35 heavy (non-hydrogen) atoms. The first-order valence-corrected chi connectivity index (χ1v) is 11.4. The molecule has 0 bridgehead atoms. The first kappa shape index (κ1) is 22.3. The van der Waals surface area contributed by atoms with E-state index in [0.717, 1.165) is 28.9 Å². The van der Waals surface area contributed by atoms with Gasteiger partial charge < -0.3 is 20.1 Å². The Balaban J connectivity index is 1.65. The molecule has 10 nitrogen and oxygen atoms in total. The molecule has 0 radical (unpaired) electrons. The molecule has 0 saturated heterocycles. The van der Waals surface area contributed by atoms with E-state index in [1.165, 1.54) is 0 Å². The number of carbonyl (C=O) groups excluding carboxylic acids is 2. The molecule has 0 fully saturated rings. The predicted molar refractivity (Wildman–Crippen MR) is 135 cm³/mol. The largest absolute Gasteiger partial charge is 0.372 e. The molecule has 4 aromatic rings. The van der Waals surface area contributed by atoms with Gasteiger partial charge in [0.2, 0.25) is 5.95 Å². The maximum absolute atomic E-state index is 13.0. The Morgan fingerprint density at radius 3 is 2.54 bits per heavy atom. The Bertz CT molecular complexity index is 1420. The van der Waals surface area contributed by atoms with Crippen LogP contribution in [0.5, 0.6) is 0 Å². The molecule has 0 saturated carbocycles. The standard InChI is InChI=1S/C25H26N8O2/c1-4-26-25(35)31-24-29-19-14-16(13-18(21(19)30-24)22-27-8-5-9-28-22)15-6-7-20-17(12-15)23(34)33(3)11-10-32(20)2/h5-9,12-14H,4,10-11H2,1-3H3,(H3,26,29,30,31,35). The van der Waals surface area contributed by atoms with Crippen LogP contribution in [0.2, 0.25) is 0 Å². The molecule has 0 unspecified atom stereocenters. The number of anilines is 2. The molecule has 0 atom stereocenters. The lowest BCUT2D eigenvalue weighted by Crippen LogP contribution is -2.29. The van der Waals surface area contributed by atoms with E-state index in [9.17, 15) is 9.59 Å². The quantitative estimate of drug-likeness (QED) is 0.421. The fourth-order valence-corrected chi connectivity index (χ4v) is 4.21. The number of H-pyrrole nitrogens is 1. The zero-order valence-corrected chi connectivity index (χ0v) is 19.8. The number of benzene rings is 2. The lowest BCUT2D eigenvalue weighted by Gasteiger charge is -2.18. The minimum Gasteiger partial charge on any atom is -0.372 e. The highest BCUT2D eigenvalue weighted by atomic mass is 16.2. The minimum atomic E-state index is -0.346. The number of imidazole rings is 1. The van der Waals surface area contributed by atoms with Crippen molar-refractivity contribution in [2.75, 3.05) is 43.9 Å². The van der Waals surface area contributed by atoms with Gasteiger partial charge in [-0.25, -0.2) is 19.7 Å². The summed E-state index contributed by atoms with van der Waals surface area (Å²) in [6.45, 7) is 3.77. The molecular formula is C25H26N8O2. The number of hydrogen-bond acceptors (Lipinski definition) is 6. The Morgan fingerprint density at radius 2 is 1.77 bits per heavy atom. The van der Waals surface area contributed by atoms with E-state index in [4.69, 9.17) is 0 Å². The van der Waals surface area contributed by atoms with Crippen LogP contribution in [0.4, 0.5) is 16.4 Å². The SMILES string of the molecule is CCNC(=O)Nc1nc2cc(-c3ccc4c(c3)C(=O)N(C)CCN4C)cc(-c3ncccn3)c2[nH]1. The Kier molecular flexibility index (Phi) is 5.77. The lowest BCUT2D eigenvalue weighted by molar-refractivity contribution is 0.0805. The number of aromatic nitrogens is 4. The van der Waals surface area contributed by atoms with Crippen LogP contribution in [0.1, 0.15) is 17.3 Å². The van der Waals surface area contributed by atoms with Gasteiger partial charge >= 0.3 is 6.03 Å². The third kappa shape index (κ3) is 4.25. The summed E-state index contributed by atoms with van der Waals surface area (Å²) in [4.78, 5) is 45.5. The van der Waals surface area contributed by atoms with Crippen LogP contribution in [0, 0.1) is 0 Å². The molecular weight excluding hydrogens is 444 g/mol. The van der Waals surface area contributed by atoms with Crippen LogP contribution < -0.4 is 15.5 Å². The highest BCUT2D eigenvalue weighted by Gasteiger charge is 2.23. The van der Waals surface area contributed by atoms with Crippen LogP contribution in [-0.4, -0.2) is 70.5 Å². The van der Waals surface area contributed by atoms with Crippen molar-refractivity contribution in [1.82, 2.24) is 30.2 Å². The van der Waals surface area contributed by atoms with E-state index >= 15 is 0 Å². The van der Waals surface area contributed by atoms with Crippen molar-refractivity contribution in [2.45, 2.75) is 6.92 Å². The molecule has 1 aliphatic heterocycles. The van der Waals surface area contributed by atoms with Gasteiger partial charge in [0.15, 0.2) is 5.82 Å². The third-order valence-electron chi connectivity index (χ3n) is 6.06. The molecule has 2 aromatic carbocycles. The molecule has 178 valence electrons. The van der Waals surface area contributed by atoms with Crippen molar-refractivity contribution in [2.24, 2.45) is 0 Å². The fourth-order valence-electron chi connectivity index (χ4n) is 4.21. The molecule has 1 aliphatic rings. The van der Waals surface area contributed by atoms with Crippen molar-refractivity contribution < 1.29 is 9.59 Å². The van der Waals surface area contributed by atoms with Gasteiger partial charge in [0.05, 0.1) is 16.6 Å². The van der Waals surface area contributed by atoms with Crippen LogP contribution in [0.15, 0.2) is 48.8 Å². The number of aromatic amines is 1. The van der Waals surface area contributed by atoms with Crippen molar-refractivity contribution in [3.63, 3.8) is 0 Å². The van der Waals surface area contributed by atoms with Gasteiger partial charge in [-0.2, -0.15) is 0 Å². The fraction of sp³-hybridized carbons (Fsp3) is 0.240. The summed E-state index contributed by atoms with van der Waals surface area (Å²) >= 11 is 0. The highest BCUT2D eigenvalue weighted by Crippen LogP contribution is 2.35. The van der Waals surface area contributed by atoms with Crippen LogP contribution in [-0.2, 0) is 0 Å². The van der Waals surface area contributed by atoms with Gasteiger partial charge in [-0.3, -0.25) is 10.1 Å². The number of rotatable bonds is 4. The predicted octanol–water partition coefficient (Wildman–Crippen LogP) is 3.35. The maximum atomic E-state index is 13.0. The summed E-state index contributed by atoms with van der Waals surface area (Å²) in [5.74, 6) is 0.839. The summed E-state index contributed by atoms with van der Waals surface area (Å²) in [5, 5.41) is 5.41. The van der Waals surface area contributed by atoms with E-state index in [0.29, 0.717) is 41.5 Å². The number of hydrogen-bond donors (Lipinski definition) is 3. The van der Waals surface area contributed by atoms with E-state index in [1.54, 1.807) is 23.4 Å². The van der Waals surface area contributed by atoms with Crippen molar-refractivity contribution in [3.8, 4) is 22.5 Å². The summed E-state index contributed by atoms with van der Waals surface area (Å²) in [7, 11) is 3.82. The number of likely N-dealkylation sites (N-methyl/N-ethyl adjacent to an activating group) is 2. The minimum absolute atomic E-state index is 0.00733.